The summed E-state index contributed by atoms with van der Waals surface area (Å²) in [5.41, 5.74) is 3.99. The maximum Gasteiger partial charge on any atom is 0.255 e. The van der Waals surface area contributed by atoms with Crippen LogP contribution >= 0.6 is 11.3 Å². The molecule has 3 aromatic carbocycles. The van der Waals surface area contributed by atoms with E-state index in [1.54, 1.807) is 12.1 Å². The molecule has 0 bridgehead atoms. The molecular weight excluding hydrogens is 418 g/mol. The van der Waals surface area contributed by atoms with Crippen molar-refractivity contribution in [2.24, 2.45) is 0 Å². The number of carbonyl (C=O) groups is 2. The van der Waals surface area contributed by atoms with Gasteiger partial charge in [-0.1, -0.05) is 60.7 Å². The molecular formula is C26H23N3O2S. The van der Waals surface area contributed by atoms with E-state index in [9.17, 15) is 9.59 Å². The Morgan fingerprint density at radius 1 is 0.938 bits per heavy atom. The minimum atomic E-state index is -0.205. The first-order chi connectivity index (χ1) is 15.6. The van der Waals surface area contributed by atoms with E-state index in [1.165, 1.54) is 11.3 Å². The molecule has 4 rings (SSSR count). The predicted octanol–water partition coefficient (Wildman–Crippen LogP) is 5.48. The first-order valence-electron chi connectivity index (χ1n) is 10.3. The first-order valence-corrected chi connectivity index (χ1v) is 11.2. The third-order valence-electron chi connectivity index (χ3n) is 4.97. The molecule has 0 fully saturated rings. The van der Waals surface area contributed by atoms with Crippen molar-refractivity contribution >= 4 is 28.8 Å². The number of hydrogen-bond acceptors (Lipinski definition) is 4. The van der Waals surface area contributed by atoms with E-state index in [2.05, 4.69) is 15.6 Å². The highest BCUT2D eigenvalue weighted by Crippen LogP contribution is 2.24. The summed E-state index contributed by atoms with van der Waals surface area (Å²) in [6.45, 7) is 1.92. The lowest BCUT2D eigenvalue weighted by molar-refractivity contribution is -0.121. The molecule has 1 aromatic heterocycles. The molecule has 4 aromatic rings. The second-order valence-electron chi connectivity index (χ2n) is 7.42. The molecule has 1 heterocycles. The molecule has 0 radical (unpaired) electrons. The number of thiazole rings is 1. The average Bonchev–Trinajstić information content (AvgIpc) is 3.28. The number of aromatic nitrogens is 1. The molecule has 1 unspecified atom stereocenters. The van der Waals surface area contributed by atoms with Gasteiger partial charge in [-0.05, 0) is 36.8 Å². The number of hydrogen-bond donors (Lipinski definition) is 2. The monoisotopic (exact) mass is 441 g/mol. The summed E-state index contributed by atoms with van der Waals surface area (Å²) in [5.74, 6) is -0.265. The van der Waals surface area contributed by atoms with E-state index in [0.29, 0.717) is 11.3 Å². The largest absolute Gasteiger partial charge is 0.349 e. The Bertz CT molecular complexity index is 1210. The van der Waals surface area contributed by atoms with E-state index in [1.807, 2.05) is 85.1 Å². The number of nitrogens with one attached hydrogen (secondary N) is 2. The smallest absolute Gasteiger partial charge is 0.255 e. The minimum absolute atomic E-state index is 0.0962. The molecule has 6 heteroatoms. The summed E-state index contributed by atoms with van der Waals surface area (Å²) < 4.78 is 0. The van der Waals surface area contributed by atoms with Crippen LogP contribution in [0.25, 0.3) is 10.6 Å². The zero-order valence-electron chi connectivity index (χ0n) is 17.6. The second kappa shape index (κ2) is 10.0. The van der Waals surface area contributed by atoms with Crippen molar-refractivity contribution in [3.05, 3.63) is 107 Å². The van der Waals surface area contributed by atoms with Gasteiger partial charge < -0.3 is 10.6 Å². The zero-order chi connectivity index (χ0) is 22.3. The molecule has 0 aliphatic heterocycles. The van der Waals surface area contributed by atoms with Crippen LogP contribution in [0.1, 0.15) is 34.6 Å². The Balaban J connectivity index is 1.36. The Morgan fingerprint density at radius 3 is 2.41 bits per heavy atom. The molecule has 0 aliphatic carbocycles. The molecule has 0 saturated carbocycles. The second-order valence-corrected chi connectivity index (χ2v) is 8.28. The van der Waals surface area contributed by atoms with Crippen molar-refractivity contribution in [2.75, 3.05) is 5.32 Å². The molecule has 5 nitrogen and oxygen atoms in total. The lowest BCUT2D eigenvalue weighted by Gasteiger charge is -2.15. The van der Waals surface area contributed by atoms with Crippen LogP contribution in [-0.2, 0) is 11.2 Å². The van der Waals surface area contributed by atoms with Gasteiger partial charge in [-0.25, -0.2) is 4.98 Å². The number of rotatable bonds is 7. The summed E-state index contributed by atoms with van der Waals surface area (Å²) in [4.78, 5) is 29.6. The van der Waals surface area contributed by atoms with E-state index < -0.39 is 0 Å². The van der Waals surface area contributed by atoms with Crippen molar-refractivity contribution in [1.29, 1.82) is 0 Å². The van der Waals surface area contributed by atoms with Gasteiger partial charge in [0.25, 0.3) is 5.91 Å². The normalized spacial score (nSPS) is 11.5. The topological polar surface area (TPSA) is 71.1 Å². The van der Waals surface area contributed by atoms with Crippen molar-refractivity contribution in [3.63, 3.8) is 0 Å². The number of carbonyl (C=O) groups excluding carboxylic acids is 2. The maximum absolute atomic E-state index is 12.6. The van der Waals surface area contributed by atoms with Crippen molar-refractivity contribution in [2.45, 2.75) is 19.4 Å². The number of benzene rings is 3. The van der Waals surface area contributed by atoms with Crippen LogP contribution in [0.5, 0.6) is 0 Å². The van der Waals surface area contributed by atoms with Crippen LogP contribution in [-0.4, -0.2) is 16.8 Å². The van der Waals surface area contributed by atoms with Gasteiger partial charge in [0.05, 0.1) is 18.2 Å². The van der Waals surface area contributed by atoms with Gasteiger partial charge in [-0.3, -0.25) is 9.59 Å². The fraction of sp³-hybridized carbons (Fsp3) is 0.115. The number of anilines is 1. The Kier molecular flexibility index (Phi) is 6.72. The van der Waals surface area contributed by atoms with Gasteiger partial charge >= 0.3 is 0 Å². The van der Waals surface area contributed by atoms with E-state index in [-0.39, 0.29) is 24.3 Å². The lowest BCUT2D eigenvalue weighted by Crippen LogP contribution is -2.28. The number of nitrogens with zero attached hydrogens (tertiary/aromatic N) is 1. The maximum atomic E-state index is 12.6. The standard InChI is InChI=1S/C26H23N3O2S/c1-18(21-13-8-14-22(15-21)28-25(31)19-9-4-2-5-10-19)27-24(30)16-23-17-32-26(29-23)20-11-6-3-7-12-20/h2-15,17-18H,16H2,1H3,(H,27,30)(H,28,31). The fourth-order valence-electron chi connectivity index (χ4n) is 3.32. The Morgan fingerprint density at radius 2 is 1.66 bits per heavy atom. The summed E-state index contributed by atoms with van der Waals surface area (Å²) in [5, 5.41) is 8.75. The zero-order valence-corrected chi connectivity index (χ0v) is 18.4. The third-order valence-corrected chi connectivity index (χ3v) is 5.91. The van der Waals surface area contributed by atoms with E-state index >= 15 is 0 Å². The third kappa shape index (κ3) is 5.47. The highest BCUT2D eigenvalue weighted by atomic mass is 32.1. The summed E-state index contributed by atoms with van der Waals surface area (Å²) in [6.07, 6.45) is 0.220. The highest BCUT2D eigenvalue weighted by Gasteiger charge is 2.14. The minimum Gasteiger partial charge on any atom is -0.349 e. The average molecular weight is 442 g/mol. The van der Waals surface area contributed by atoms with Crippen LogP contribution in [0.3, 0.4) is 0 Å². The molecule has 1 atom stereocenters. The number of amides is 2. The fourth-order valence-corrected chi connectivity index (χ4v) is 4.15. The van der Waals surface area contributed by atoms with Gasteiger partial charge in [0.15, 0.2) is 0 Å². The summed E-state index contributed by atoms with van der Waals surface area (Å²) in [7, 11) is 0. The highest BCUT2D eigenvalue weighted by molar-refractivity contribution is 7.13. The van der Waals surface area contributed by atoms with E-state index in [4.69, 9.17) is 0 Å². The van der Waals surface area contributed by atoms with Crippen LogP contribution in [0.4, 0.5) is 5.69 Å². The van der Waals surface area contributed by atoms with Crippen LogP contribution in [0, 0.1) is 0 Å². The Labute approximate surface area is 191 Å². The molecule has 32 heavy (non-hydrogen) atoms. The molecule has 0 saturated heterocycles. The van der Waals surface area contributed by atoms with Crippen LogP contribution in [0.15, 0.2) is 90.3 Å². The van der Waals surface area contributed by atoms with E-state index in [0.717, 1.165) is 21.8 Å². The molecule has 0 spiro atoms. The van der Waals surface area contributed by atoms with Crippen molar-refractivity contribution in [3.8, 4) is 10.6 Å². The van der Waals surface area contributed by atoms with Gasteiger partial charge in [-0.15, -0.1) is 11.3 Å². The van der Waals surface area contributed by atoms with Gasteiger partial charge in [-0.2, -0.15) is 0 Å². The SMILES string of the molecule is CC(NC(=O)Cc1csc(-c2ccccc2)n1)c1cccc(NC(=O)c2ccccc2)c1. The predicted molar refractivity (Wildman–Crippen MR) is 129 cm³/mol. The lowest BCUT2D eigenvalue weighted by atomic mass is 10.1. The summed E-state index contributed by atoms with van der Waals surface area (Å²) in [6, 6.07) is 26.3. The molecule has 2 N–H and O–H groups in total. The van der Waals surface area contributed by atoms with Crippen molar-refractivity contribution in [1.82, 2.24) is 10.3 Å². The van der Waals surface area contributed by atoms with Gasteiger partial charge in [0.1, 0.15) is 5.01 Å². The molecule has 160 valence electrons. The van der Waals surface area contributed by atoms with Crippen LogP contribution < -0.4 is 10.6 Å². The first kappa shape index (κ1) is 21.5. The van der Waals surface area contributed by atoms with Crippen LogP contribution in [0.2, 0.25) is 0 Å². The Hall–Kier alpha value is -3.77. The van der Waals surface area contributed by atoms with Crippen molar-refractivity contribution < 1.29 is 9.59 Å². The molecule has 2 amide bonds. The summed E-state index contributed by atoms with van der Waals surface area (Å²) >= 11 is 1.53. The van der Waals surface area contributed by atoms with Gasteiger partial charge in [0, 0.05) is 22.2 Å². The molecule has 0 aliphatic rings. The quantitative estimate of drug-likeness (QED) is 0.399. The van der Waals surface area contributed by atoms with Gasteiger partial charge in [0.2, 0.25) is 5.91 Å².